The van der Waals surface area contributed by atoms with Crippen molar-refractivity contribution >= 4 is 27.8 Å². The molecule has 10 heteroatoms. The Morgan fingerprint density at radius 2 is 1.68 bits per heavy atom. The first-order valence-electron chi connectivity index (χ1n) is 11.0. The summed E-state index contributed by atoms with van der Waals surface area (Å²) in [5.74, 6) is -2.53. The lowest BCUT2D eigenvalue weighted by Crippen LogP contribution is -2.57. The van der Waals surface area contributed by atoms with Crippen LogP contribution in [-0.4, -0.2) is 73.1 Å². The van der Waals surface area contributed by atoms with Crippen molar-refractivity contribution in [2.75, 3.05) is 24.7 Å². The van der Waals surface area contributed by atoms with Gasteiger partial charge in [0.15, 0.2) is 9.84 Å². The monoisotopic (exact) mass is 486 g/mol. The largest absolute Gasteiger partial charge is 0.481 e. The first-order chi connectivity index (χ1) is 16.2. The Kier molecular flexibility index (Phi) is 6.60. The summed E-state index contributed by atoms with van der Waals surface area (Å²) in [5.41, 5.74) is 4.32. The number of hydrogen-bond acceptors (Lipinski definition) is 6. The van der Waals surface area contributed by atoms with Crippen LogP contribution in [0, 0.1) is 0 Å². The quantitative estimate of drug-likeness (QED) is 0.639. The highest BCUT2D eigenvalue weighted by Gasteiger charge is 2.37. The van der Waals surface area contributed by atoms with Crippen LogP contribution in [0.4, 0.5) is 4.79 Å². The number of amides is 2. The van der Waals surface area contributed by atoms with Gasteiger partial charge in [0.1, 0.15) is 12.6 Å². The third-order valence-electron chi connectivity index (χ3n) is 6.27. The Balaban J connectivity index is 1.39. The van der Waals surface area contributed by atoms with E-state index in [2.05, 4.69) is 5.32 Å². The number of fused-ring (bicyclic) bond motifs is 3. The molecule has 0 saturated carbocycles. The van der Waals surface area contributed by atoms with Gasteiger partial charge >= 0.3 is 12.1 Å². The van der Waals surface area contributed by atoms with Gasteiger partial charge in [-0.3, -0.25) is 9.59 Å². The van der Waals surface area contributed by atoms with Crippen molar-refractivity contribution in [1.29, 1.82) is 0 Å². The van der Waals surface area contributed by atoms with Gasteiger partial charge in [0, 0.05) is 12.5 Å². The molecule has 2 aliphatic rings. The predicted molar refractivity (Wildman–Crippen MR) is 124 cm³/mol. The molecule has 1 aliphatic carbocycles. The molecule has 34 heavy (non-hydrogen) atoms. The molecule has 1 heterocycles. The van der Waals surface area contributed by atoms with Crippen molar-refractivity contribution in [2.24, 2.45) is 0 Å². The number of alkyl carbamates (subject to hydrolysis) is 1. The number of carbonyl (C=O) groups excluding carboxylic acids is 2. The molecule has 2 atom stereocenters. The Morgan fingerprint density at radius 1 is 1.09 bits per heavy atom. The maximum atomic E-state index is 12.9. The Hall–Kier alpha value is -3.40. The number of carboxylic acids is 1. The standard InChI is InChI=1S/C24H26N2O7S/c1-15(23(29)26-10-11-34(31,32)14-16(26)12-22(27)28)25-24(30)33-13-21-19-8-4-2-6-17(19)18-7-3-5-9-20(18)21/h2-9,15-16,21H,10-14H2,1H3,(H,25,30)(H,27,28)/t15-,16?/m0/s1. The van der Waals surface area contributed by atoms with Crippen LogP contribution < -0.4 is 5.32 Å². The van der Waals surface area contributed by atoms with Crippen LogP contribution in [0.1, 0.15) is 30.4 Å². The molecular formula is C24H26N2O7S. The van der Waals surface area contributed by atoms with Gasteiger partial charge in [-0.15, -0.1) is 0 Å². The second-order valence-electron chi connectivity index (χ2n) is 8.59. The van der Waals surface area contributed by atoms with E-state index in [0.717, 1.165) is 22.3 Å². The summed E-state index contributed by atoms with van der Waals surface area (Å²) in [7, 11) is -3.43. The number of sulfone groups is 1. The molecule has 0 radical (unpaired) electrons. The number of hydrogen-bond donors (Lipinski definition) is 2. The zero-order valence-corrected chi connectivity index (χ0v) is 19.5. The molecule has 2 N–H and O–H groups in total. The fraction of sp³-hybridized carbons (Fsp3) is 0.375. The van der Waals surface area contributed by atoms with Crippen LogP contribution in [0.5, 0.6) is 0 Å². The Bertz CT molecular complexity index is 1180. The lowest BCUT2D eigenvalue weighted by atomic mass is 9.98. The first-order valence-corrected chi connectivity index (χ1v) is 12.8. The van der Waals surface area contributed by atoms with E-state index in [1.165, 1.54) is 11.8 Å². The van der Waals surface area contributed by atoms with E-state index in [9.17, 15) is 22.8 Å². The second kappa shape index (κ2) is 9.46. The van der Waals surface area contributed by atoms with Gasteiger partial charge in [0.25, 0.3) is 0 Å². The average Bonchev–Trinajstić information content (AvgIpc) is 3.10. The molecule has 2 amide bonds. The molecule has 0 aromatic heterocycles. The van der Waals surface area contributed by atoms with E-state index in [4.69, 9.17) is 9.84 Å². The third-order valence-corrected chi connectivity index (χ3v) is 7.97. The molecular weight excluding hydrogens is 460 g/mol. The van der Waals surface area contributed by atoms with Crippen LogP contribution in [-0.2, 0) is 24.2 Å². The number of carbonyl (C=O) groups is 3. The molecule has 2 aromatic rings. The molecule has 0 bridgehead atoms. The van der Waals surface area contributed by atoms with E-state index in [-0.39, 0.29) is 24.8 Å². The molecule has 2 aromatic carbocycles. The number of nitrogens with zero attached hydrogens (tertiary/aromatic N) is 1. The molecule has 0 spiro atoms. The summed E-state index contributed by atoms with van der Waals surface area (Å²) in [4.78, 5) is 37.8. The number of nitrogens with one attached hydrogen (secondary N) is 1. The van der Waals surface area contributed by atoms with Crippen LogP contribution in [0.2, 0.25) is 0 Å². The summed E-state index contributed by atoms with van der Waals surface area (Å²) in [6.45, 7) is 1.44. The number of carboxylic acid groups (broad SMARTS) is 1. The second-order valence-corrected chi connectivity index (χ2v) is 10.8. The Labute approximate surface area is 197 Å². The van der Waals surface area contributed by atoms with Crippen molar-refractivity contribution < 1.29 is 32.6 Å². The van der Waals surface area contributed by atoms with Crippen LogP contribution in [0.15, 0.2) is 48.5 Å². The predicted octanol–water partition coefficient (Wildman–Crippen LogP) is 2.01. The maximum absolute atomic E-state index is 12.9. The van der Waals surface area contributed by atoms with Crippen LogP contribution in [0.3, 0.4) is 0 Å². The van der Waals surface area contributed by atoms with E-state index < -0.39 is 52.1 Å². The summed E-state index contributed by atoms with van der Waals surface area (Å²) in [5, 5.41) is 11.6. The normalized spacial score (nSPS) is 19.6. The number of benzene rings is 2. The van der Waals surface area contributed by atoms with Gasteiger partial charge in [-0.05, 0) is 29.2 Å². The molecule has 1 fully saturated rings. The van der Waals surface area contributed by atoms with Gasteiger partial charge in [-0.25, -0.2) is 13.2 Å². The molecule has 9 nitrogen and oxygen atoms in total. The molecule has 1 unspecified atom stereocenters. The van der Waals surface area contributed by atoms with Gasteiger partial charge in [-0.2, -0.15) is 0 Å². The third kappa shape index (κ3) is 4.91. The minimum atomic E-state index is -3.43. The summed E-state index contributed by atoms with van der Waals surface area (Å²) in [6, 6.07) is 13.9. The number of ether oxygens (including phenoxy) is 1. The summed E-state index contributed by atoms with van der Waals surface area (Å²) >= 11 is 0. The van der Waals surface area contributed by atoms with Crippen molar-refractivity contribution in [3.63, 3.8) is 0 Å². The fourth-order valence-corrected chi connectivity index (χ4v) is 6.20. The fourth-order valence-electron chi connectivity index (χ4n) is 4.67. The van der Waals surface area contributed by atoms with Crippen LogP contribution >= 0.6 is 0 Å². The Morgan fingerprint density at radius 3 is 2.26 bits per heavy atom. The van der Waals surface area contributed by atoms with Gasteiger partial charge < -0.3 is 20.1 Å². The zero-order valence-electron chi connectivity index (χ0n) is 18.6. The lowest BCUT2D eigenvalue weighted by Gasteiger charge is -2.36. The van der Waals surface area contributed by atoms with Crippen molar-refractivity contribution in [3.05, 3.63) is 59.7 Å². The SMILES string of the molecule is C[C@H](NC(=O)OCC1c2ccccc2-c2ccccc21)C(=O)N1CCS(=O)(=O)CC1CC(=O)O. The van der Waals surface area contributed by atoms with Gasteiger partial charge in [0.05, 0.1) is 24.0 Å². The molecule has 180 valence electrons. The minimum Gasteiger partial charge on any atom is -0.481 e. The highest BCUT2D eigenvalue weighted by molar-refractivity contribution is 7.91. The van der Waals surface area contributed by atoms with Gasteiger partial charge in [-0.1, -0.05) is 48.5 Å². The minimum absolute atomic E-state index is 0.0877. The molecule has 1 aliphatic heterocycles. The zero-order chi connectivity index (χ0) is 24.5. The smallest absolute Gasteiger partial charge is 0.407 e. The van der Waals surface area contributed by atoms with Crippen molar-refractivity contribution in [3.8, 4) is 11.1 Å². The molecule has 1 saturated heterocycles. The lowest BCUT2D eigenvalue weighted by molar-refractivity contribution is -0.141. The summed E-state index contributed by atoms with van der Waals surface area (Å²) in [6.07, 6.45) is -1.26. The summed E-state index contributed by atoms with van der Waals surface area (Å²) < 4.78 is 29.3. The molecule has 4 rings (SSSR count). The topological polar surface area (TPSA) is 130 Å². The van der Waals surface area contributed by atoms with Gasteiger partial charge in [0.2, 0.25) is 5.91 Å². The number of rotatable bonds is 6. The van der Waals surface area contributed by atoms with Crippen molar-refractivity contribution in [2.45, 2.75) is 31.3 Å². The number of aliphatic carboxylic acids is 1. The highest BCUT2D eigenvalue weighted by Crippen LogP contribution is 2.44. The average molecular weight is 487 g/mol. The van der Waals surface area contributed by atoms with Crippen molar-refractivity contribution in [1.82, 2.24) is 10.2 Å². The van der Waals surface area contributed by atoms with E-state index in [1.54, 1.807) is 0 Å². The van der Waals surface area contributed by atoms with E-state index >= 15 is 0 Å². The maximum Gasteiger partial charge on any atom is 0.407 e. The first kappa shape index (κ1) is 23.7. The van der Waals surface area contributed by atoms with Crippen LogP contribution in [0.25, 0.3) is 11.1 Å². The van der Waals surface area contributed by atoms with E-state index in [1.807, 2.05) is 48.5 Å². The van der Waals surface area contributed by atoms with E-state index in [0.29, 0.717) is 0 Å². The highest BCUT2D eigenvalue weighted by atomic mass is 32.2.